The zero-order valence-electron chi connectivity index (χ0n) is 3.14. The maximum atomic E-state index is 4.66. The van der Waals surface area contributed by atoms with Gasteiger partial charge in [-0.15, -0.1) is 12.6 Å². The fourth-order valence-electron chi connectivity index (χ4n) is 0.291. The van der Waals surface area contributed by atoms with Crippen molar-refractivity contribution in [2.24, 2.45) is 0 Å². The smallest absolute Gasteiger partial charge is 0.174 e. The molecule has 36 valence electrons. The van der Waals surface area contributed by atoms with Gasteiger partial charge in [-0.05, 0) is 0 Å². The molecule has 0 saturated carbocycles. The number of hydrogen-bond donors (Lipinski definition) is 3. The van der Waals surface area contributed by atoms with Gasteiger partial charge in [-0.1, -0.05) is 0 Å². The van der Waals surface area contributed by atoms with E-state index in [0.717, 1.165) is 0 Å². The normalized spacial score (nSPS) is 34.5. The molecular weight excluding hydrogens is 100 g/mol. The summed E-state index contributed by atoms with van der Waals surface area (Å²) in [6.45, 7) is 0.689. The van der Waals surface area contributed by atoms with Crippen LogP contribution in [-0.2, 0) is 4.84 Å². The van der Waals surface area contributed by atoms with Crippen molar-refractivity contribution in [2.75, 3.05) is 6.67 Å². The molecule has 1 heterocycles. The second kappa shape index (κ2) is 1.79. The summed E-state index contributed by atoms with van der Waals surface area (Å²) >= 11 is 3.90. The Morgan fingerprint density at radius 2 is 2.67 bits per heavy atom. The molecule has 3 nitrogen and oxygen atoms in total. The fraction of sp³-hybridized carbons (Fsp3) is 1.00. The molecule has 0 aromatic rings. The zero-order valence-corrected chi connectivity index (χ0v) is 4.03. The van der Waals surface area contributed by atoms with Crippen LogP contribution in [0.1, 0.15) is 0 Å². The van der Waals surface area contributed by atoms with Gasteiger partial charge in [0.05, 0.1) is 6.67 Å². The molecule has 2 N–H and O–H groups in total. The lowest BCUT2D eigenvalue weighted by molar-refractivity contribution is 0.0806. The van der Waals surface area contributed by atoms with E-state index >= 15 is 0 Å². The first-order chi connectivity index (χ1) is 2.89. The number of thiol groups is 1. The summed E-state index contributed by atoms with van der Waals surface area (Å²) in [4.78, 5) is 4.66. The molecule has 1 unspecified atom stereocenters. The van der Waals surface area contributed by atoms with E-state index in [2.05, 4.69) is 28.3 Å². The summed E-state index contributed by atoms with van der Waals surface area (Å²) in [5.74, 6) is 0. The Kier molecular flexibility index (Phi) is 1.31. The molecule has 0 spiro atoms. The molecule has 1 saturated heterocycles. The van der Waals surface area contributed by atoms with Gasteiger partial charge in [-0.3, -0.25) is 10.2 Å². The van der Waals surface area contributed by atoms with Gasteiger partial charge in [0.25, 0.3) is 0 Å². The van der Waals surface area contributed by atoms with Crippen molar-refractivity contribution in [1.29, 1.82) is 0 Å². The molecule has 1 atom stereocenters. The predicted octanol–water partition coefficient (Wildman–Crippen LogP) is -0.718. The second-order valence-electron chi connectivity index (χ2n) is 0.995. The fourth-order valence-corrected chi connectivity index (χ4v) is 0.457. The Morgan fingerprint density at radius 3 is 2.83 bits per heavy atom. The lowest BCUT2D eigenvalue weighted by Gasteiger charge is -1.92. The van der Waals surface area contributed by atoms with Crippen molar-refractivity contribution >= 4 is 12.6 Å². The SMILES string of the molecule is SC1NCNO1. The quantitative estimate of drug-likeness (QED) is 0.356. The van der Waals surface area contributed by atoms with E-state index in [9.17, 15) is 0 Å². The average molecular weight is 106 g/mol. The Morgan fingerprint density at radius 1 is 1.83 bits per heavy atom. The molecule has 0 aromatic heterocycles. The van der Waals surface area contributed by atoms with Gasteiger partial charge >= 0.3 is 0 Å². The molecule has 6 heavy (non-hydrogen) atoms. The molecule has 1 rings (SSSR count). The van der Waals surface area contributed by atoms with Gasteiger partial charge in [0.15, 0.2) is 5.56 Å². The van der Waals surface area contributed by atoms with Crippen molar-refractivity contribution in [3.63, 3.8) is 0 Å². The van der Waals surface area contributed by atoms with E-state index in [-0.39, 0.29) is 5.56 Å². The molecule has 0 radical (unpaired) electrons. The Balaban J connectivity index is 2.18. The largest absolute Gasteiger partial charge is 0.271 e. The van der Waals surface area contributed by atoms with Crippen LogP contribution < -0.4 is 10.8 Å². The van der Waals surface area contributed by atoms with Gasteiger partial charge in [0, 0.05) is 0 Å². The van der Waals surface area contributed by atoms with E-state index in [1.54, 1.807) is 0 Å². The van der Waals surface area contributed by atoms with Crippen molar-refractivity contribution in [1.82, 2.24) is 10.8 Å². The summed E-state index contributed by atoms with van der Waals surface area (Å²) in [6, 6.07) is 0. The van der Waals surface area contributed by atoms with Gasteiger partial charge < -0.3 is 0 Å². The van der Waals surface area contributed by atoms with Crippen LogP contribution >= 0.6 is 12.6 Å². The zero-order chi connectivity index (χ0) is 4.41. The first-order valence-corrected chi connectivity index (χ1v) is 2.21. The van der Waals surface area contributed by atoms with Gasteiger partial charge in [-0.2, -0.15) is 5.48 Å². The molecule has 0 amide bonds. The second-order valence-corrected chi connectivity index (χ2v) is 1.46. The Hall–Kier alpha value is 0.230. The minimum absolute atomic E-state index is 0.120. The Labute approximate surface area is 41.4 Å². The number of rotatable bonds is 0. The molecule has 1 fully saturated rings. The summed E-state index contributed by atoms with van der Waals surface area (Å²) < 4.78 is 0. The van der Waals surface area contributed by atoms with Gasteiger partial charge in [0.2, 0.25) is 0 Å². The molecule has 1 aliphatic rings. The van der Waals surface area contributed by atoms with Gasteiger partial charge in [0.1, 0.15) is 0 Å². The van der Waals surface area contributed by atoms with E-state index in [1.807, 2.05) is 0 Å². The minimum Gasteiger partial charge on any atom is -0.271 e. The van der Waals surface area contributed by atoms with E-state index in [4.69, 9.17) is 0 Å². The van der Waals surface area contributed by atoms with Crippen LogP contribution in [-0.4, -0.2) is 12.2 Å². The molecule has 1 aliphatic heterocycles. The standard InChI is InChI=1S/C2H6N2OS/c6-2-3-1-4-5-2/h2-4,6H,1H2. The molecule has 0 aliphatic carbocycles. The lowest BCUT2D eigenvalue weighted by Crippen LogP contribution is -2.15. The maximum Gasteiger partial charge on any atom is 0.174 e. The first kappa shape index (κ1) is 4.39. The number of nitrogens with one attached hydrogen (secondary N) is 2. The topological polar surface area (TPSA) is 33.3 Å². The third-order valence-electron chi connectivity index (χ3n) is 0.544. The predicted molar refractivity (Wildman–Crippen MR) is 25.0 cm³/mol. The third kappa shape index (κ3) is 0.844. The van der Waals surface area contributed by atoms with Crippen LogP contribution in [0.25, 0.3) is 0 Å². The highest BCUT2D eigenvalue weighted by atomic mass is 32.1. The summed E-state index contributed by atoms with van der Waals surface area (Å²) in [5.41, 5.74) is 2.46. The number of hydroxylamine groups is 1. The average Bonchev–Trinajstić information content (AvgIpc) is 1.86. The molecule has 0 aromatic carbocycles. The minimum atomic E-state index is -0.120. The van der Waals surface area contributed by atoms with Crippen LogP contribution in [0.3, 0.4) is 0 Å². The molecule has 0 bridgehead atoms. The van der Waals surface area contributed by atoms with Crippen LogP contribution in [0.15, 0.2) is 0 Å². The van der Waals surface area contributed by atoms with Crippen molar-refractivity contribution in [3.8, 4) is 0 Å². The van der Waals surface area contributed by atoms with E-state index in [0.29, 0.717) is 6.67 Å². The van der Waals surface area contributed by atoms with Crippen molar-refractivity contribution in [3.05, 3.63) is 0 Å². The highest BCUT2D eigenvalue weighted by molar-refractivity contribution is 7.80. The summed E-state index contributed by atoms with van der Waals surface area (Å²) in [5, 5.41) is 2.85. The van der Waals surface area contributed by atoms with Crippen LogP contribution in [0.5, 0.6) is 0 Å². The van der Waals surface area contributed by atoms with Gasteiger partial charge in [-0.25, -0.2) is 0 Å². The van der Waals surface area contributed by atoms with E-state index in [1.165, 1.54) is 0 Å². The lowest BCUT2D eigenvalue weighted by atomic mass is 11.1. The highest BCUT2D eigenvalue weighted by Gasteiger charge is 2.05. The highest BCUT2D eigenvalue weighted by Crippen LogP contribution is 1.91. The van der Waals surface area contributed by atoms with Crippen LogP contribution in [0.4, 0.5) is 0 Å². The van der Waals surface area contributed by atoms with Crippen molar-refractivity contribution in [2.45, 2.75) is 5.56 Å². The molecule has 4 heteroatoms. The summed E-state index contributed by atoms with van der Waals surface area (Å²) in [7, 11) is 0. The first-order valence-electron chi connectivity index (χ1n) is 1.69. The number of hydrogen-bond acceptors (Lipinski definition) is 4. The third-order valence-corrected chi connectivity index (χ3v) is 0.832. The summed E-state index contributed by atoms with van der Waals surface area (Å²) in [6.07, 6.45) is 0. The Bertz CT molecular complexity index is 44.8. The monoisotopic (exact) mass is 106 g/mol. The van der Waals surface area contributed by atoms with Crippen LogP contribution in [0.2, 0.25) is 0 Å². The van der Waals surface area contributed by atoms with Crippen molar-refractivity contribution < 1.29 is 4.84 Å². The van der Waals surface area contributed by atoms with E-state index < -0.39 is 0 Å². The maximum absolute atomic E-state index is 4.66. The van der Waals surface area contributed by atoms with Crippen LogP contribution in [0, 0.1) is 0 Å². The molecular formula is C2H6N2OS.